The van der Waals surface area contributed by atoms with Gasteiger partial charge in [-0.05, 0) is 12.5 Å². The van der Waals surface area contributed by atoms with Crippen molar-refractivity contribution >= 4 is 11.8 Å². The fraction of sp³-hybridized carbons (Fsp3) is 0.300. The molecule has 0 bridgehead atoms. The van der Waals surface area contributed by atoms with E-state index in [4.69, 9.17) is 9.94 Å². The molecule has 0 atom stereocenters. The van der Waals surface area contributed by atoms with Crippen LogP contribution in [0.1, 0.15) is 13.3 Å². The van der Waals surface area contributed by atoms with Crippen LogP contribution in [0, 0.1) is 15.9 Å². The fourth-order valence-corrected chi connectivity index (χ4v) is 1.21. The van der Waals surface area contributed by atoms with Crippen LogP contribution < -0.4 is 4.84 Å². The maximum absolute atomic E-state index is 13.0. The molecule has 0 aliphatic heterocycles. The van der Waals surface area contributed by atoms with E-state index >= 15 is 0 Å². The van der Waals surface area contributed by atoms with E-state index in [1.807, 2.05) is 0 Å². The van der Waals surface area contributed by atoms with Gasteiger partial charge in [-0.3, -0.25) is 10.1 Å². The van der Waals surface area contributed by atoms with Gasteiger partial charge in [0.25, 0.3) is 0 Å². The van der Waals surface area contributed by atoms with Gasteiger partial charge in [-0.15, -0.1) is 5.06 Å². The van der Waals surface area contributed by atoms with E-state index in [0.29, 0.717) is 11.5 Å². The molecule has 0 unspecified atom stereocenters. The third-order valence-corrected chi connectivity index (χ3v) is 1.97. The first kappa shape index (κ1) is 13.7. The number of nitro groups is 1. The first-order chi connectivity index (χ1) is 8.45. The zero-order valence-electron chi connectivity index (χ0n) is 9.50. The van der Waals surface area contributed by atoms with Gasteiger partial charge in [-0.1, -0.05) is 6.92 Å². The van der Waals surface area contributed by atoms with Gasteiger partial charge in [0.1, 0.15) is 5.82 Å². The number of hydrogen-bond donors (Lipinski definition) is 1. The SMILES string of the molecule is CCCN(Oc1cc(F)ccc1[N+](=O)[O-])C(=O)O. The Bertz CT molecular complexity index is 466. The summed E-state index contributed by atoms with van der Waals surface area (Å²) in [4.78, 5) is 25.5. The summed E-state index contributed by atoms with van der Waals surface area (Å²) in [7, 11) is 0. The van der Waals surface area contributed by atoms with Crippen LogP contribution in [0.25, 0.3) is 0 Å². The molecule has 98 valence electrons. The molecular formula is C10H11FN2O5. The van der Waals surface area contributed by atoms with Crippen LogP contribution in [0.5, 0.6) is 5.75 Å². The molecule has 0 aliphatic rings. The highest BCUT2D eigenvalue weighted by Gasteiger charge is 2.21. The van der Waals surface area contributed by atoms with Crippen molar-refractivity contribution in [2.24, 2.45) is 0 Å². The monoisotopic (exact) mass is 258 g/mol. The topological polar surface area (TPSA) is 92.9 Å². The lowest BCUT2D eigenvalue weighted by molar-refractivity contribution is -0.386. The van der Waals surface area contributed by atoms with Crippen LogP contribution >= 0.6 is 0 Å². The number of amides is 1. The van der Waals surface area contributed by atoms with Crippen LogP contribution in [0.4, 0.5) is 14.9 Å². The summed E-state index contributed by atoms with van der Waals surface area (Å²) in [6.07, 6.45) is -0.953. The Morgan fingerprint density at radius 3 is 2.78 bits per heavy atom. The summed E-state index contributed by atoms with van der Waals surface area (Å²) >= 11 is 0. The highest BCUT2D eigenvalue weighted by molar-refractivity contribution is 5.64. The van der Waals surface area contributed by atoms with E-state index in [0.717, 1.165) is 18.2 Å². The van der Waals surface area contributed by atoms with Crippen molar-refractivity contribution < 1.29 is 24.1 Å². The minimum atomic E-state index is -1.41. The molecule has 0 saturated heterocycles. The summed E-state index contributed by atoms with van der Waals surface area (Å²) in [5.41, 5.74) is -0.501. The first-order valence-electron chi connectivity index (χ1n) is 5.08. The number of nitrogens with zero attached hydrogens (tertiary/aromatic N) is 2. The summed E-state index contributed by atoms with van der Waals surface area (Å²) in [6, 6.07) is 2.58. The molecule has 1 aromatic carbocycles. The molecule has 18 heavy (non-hydrogen) atoms. The molecule has 1 aromatic rings. The summed E-state index contributed by atoms with van der Waals surface area (Å²) in [5, 5.41) is 20.0. The third-order valence-electron chi connectivity index (χ3n) is 1.97. The standard InChI is InChI=1S/C10H11FN2O5/c1-2-5-12(10(14)15)18-9-6-7(11)3-4-8(9)13(16)17/h3-4,6H,2,5H2,1H3,(H,14,15). The van der Waals surface area contributed by atoms with Crippen LogP contribution in [0.3, 0.4) is 0 Å². The molecule has 7 nitrogen and oxygen atoms in total. The first-order valence-corrected chi connectivity index (χ1v) is 5.08. The van der Waals surface area contributed by atoms with Gasteiger partial charge < -0.3 is 9.94 Å². The van der Waals surface area contributed by atoms with Gasteiger partial charge in [0.05, 0.1) is 11.5 Å². The second-order valence-corrected chi connectivity index (χ2v) is 3.35. The van der Waals surface area contributed by atoms with Crippen LogP contribution in [0.2, 0.25) is 0 Å². The van der Waals surface area contributed by atoms with Gasteiger partial charge in [-0.25, -0.2) is 9.18 Å². The van der Waals surface area contributed by atoms with Gasteiger partial charge in [0, 0.05) is 12.1 Å². The Kier molecular flexibility index (Phi) is 4.41. The number of hydrogen-bond acceptors (Lipinski definition) is 4. The predicted octanol–water partition coefficient (Wildman–Crippen LogP) is 2.42. The Balaban J connectivity index is 3.03. The molecular weight excluding hydrogens is 247 g/mol. The Morgan fingerprint density at radius 2 is 2.28 bits per heavy atom. The van der Waals surface area contributed by atoms with Crippen LogP contribution in [-0.4, -0.2) is 27.7 Å². The van der Waals surface area contributed by atoms with Gasteiger partial charge in [0.2, 0.25) is 5.75 Å². The van der Waals surface area contributed by atoms with Gasteiger partial charge >= 0.3 is 11.8 Å². The van der Waals surface area contributed by atoms with Crippen molar-refractivity contribution in [3.63, 3.8) is 0 Å². The molecule has 1 N–H and O–H groups in total. The smallest absolute Gasteiger partial charge is 0.440 e. The lowest BCUT2D eigenvalue weighted by Gasteiger charge is -2.18. The van der Waals surface area contributed by atoms with E-state index in [2.05, 4.69) is 0 Å². The lowest BCUT2D eigenvalue weighted by atomic mass is 10.3. The number of nitro benzene ring substituents is 1. The fourth-order valence-electron chi connectivity index (χ4n) is 1.21. The largest absolute Gasteiger partial charge is 0.463 e. The second kappa shape index (κ2) is 5.80. The van der Waals surface area contributed by atoms with Crippen molar-refractivity contribution in [3.8, 4) is 5.75 Å². The van der Waals surface area contributed by atoms with Gasteiger partial charge in [-0.2, -0.15) is 0 Å². The van der Waals surface area contributed by atoms with Crippen molar-refractivity contribution in [1.82, 2.24) is 5.06 Å². The molecule has 0 saturated carbocycles. The van der Waals surface area contributed by atoms with Crippen molar-refractivity contribution in [3.05, 3.63) is 34.1 Å². The second-order valence-electron chi connectivity index (χ2n) is 3.35. The zero-order chi connectivity index (χ0) is 13.7. The highest BCUT2D eigenvalue weighted by atomic mass is 19.1. The lowest BCUT2D eigenvalue weighted by Crippen LogP contribution is -2.33. The van der Waals surface area contributed by atoms with E-state index in [9.17, 15) is 19.3 Å². The van der Waals surface area contributed by atoms with E-state index in [1.54, 1.807) is 6.92 Å². The zero-order valence-corrected chi connectivity index (χ0v) is 9.50. The van der Waals surface area contributed by atoms with Crippen molar-refractivity contribution in [1.29, 1.82) is 0 Å². The molecule has 0 radical (unpaired) electrons. The van der Waals surface area contributed by atoms with E-state index < -0.39 is 28.3 Å². The Labute approximate surface area is 101 Å². The van der Waals surface area contributed by atoms with E-state index in [1.165, 1.54) is 0 Å². The minimum absolute atomic E-state index is 0.0169. The highest BCUT2D eigenvalue weighted by Crippen LogP contribution is 2.28. The number of rotatable bonds is 5. The average Bonchev–Trinajstić information content (AvgIpc) is 2.28. The minimum Gasteiger partial charge on any atom is -0.463 e. The number of benzene rings is 1. The summed E-state index contributed by atoms with van der Waals surface area (Å²) < 4.78 is 13.0. The molecule has 0 fully saturated rings. The van der Waals surface area contributed by atoms with Crippen LogP contribution in [0.15, 0.2) is 18.2 Å². The molecule has 0 spiro atoms. The molecule has 0 aromatic heterocycles. The summed E-state index contributed by atoms with van der Waals surface area (Å²) in [5.74, 6) is -1.20. The molecule has 0 heterocycles. The summed E-state index contributed by atoms with van der Waals surface area (Å²) in [6.45, 7) is 1.72. The van der Waals surface area contributed by atoms with Crippen LogP contribution in [-0.2, 0) is 0 Å². The number of halogens is 1. The van der Waals surface area contributed by atoms with Crippen molar-refractivity contribution in [2.75, 3.05) is 6.54 Å². The average molecular weight is 258 g/mol. The number of carboxylic acid groups (broad SMARTS) is 1. The normalized spacial score (nSPS) is 9.89. The van der Waals surface area contributed by atoms with Crippen molar-refractivity contribution in [2.45, 2.75) is 13.3 Å². The number of hydroxylamine groups is 2. The third kappa shape index (κ3) is 3.30. The maximum atomic E-state index is 13.0. The molecule has 0 aliphatic carbocycles. The Morgan fingerprint density at radius 1 is 1.61 bits per heavy atom. The quantitative estimate of drug-likeness (QED) is 0.646. The van der Waals surface area contributed by atoms with Gasteiger partial charge in [0.15, 0.2) is 0 Å². The molecule has 1 rings (SSSR count). The number of carbonyl (C=O) groups is 1. The van der Waals surface area contributed by atoms with E-state index in [-0.39, 0.29) is 6.54 Å². The molecule has 1 amide bonds. The Hall–Kier alpha value is -2.38. The maximum Gasteiger partial charge on any atom is 0.440 e. The molecule has 8 heteroatoms. The predicted molar refractivity (Wildman–Crippen MR) is 58.7 cm³/mol.